The zero-order valence-electron chi connectivity index (χ0n) is 35.2. The quantitative estimate of drug-likeness (QED) is 0.112. The van der Waals surface area contributed by atoms with E-state index in [2.05, 4.69) is 102 Å². The van der Waals surface area contributed by atoms with Gasteiger partial charge in [-0.15, -0.1) is 17.6 Å². The van der Waals surface area contributed by atoms with E-state index >= 15 is 0 Å². The normalized spacial score (nSPS) is 17.7. The Bertz CT molecular complexity index is 2070. The Kier molecular flexibility index (Phi) is 12.8. The number of alkyl halides is 4. The number of hydrogen-bond acceptors (Lipinski definition) is 8. The molecule has 0 amide bonds. The van der Waals surface area contributed by atoms with E-state index in [1.54, 1.807) is 18.2 Å². The second kappa shape index (κ2) is 16.5. The summed E-state index contributed by atoms with van der Waals surface area (Å²) in [6.07, 6.45) is -7.22. The minimum absolute atomic E-state index is 0.00951. The Morgan fingerprint density at radius 2 is 0.862 bits per heavy atom. The summed E-state index contributed by atoms with van der Waals surface area (Å²) in [5, 5.41) is 0. The van der Waals surface area contributed by atoms with Crippen molar-refractivity contribution >= 4 is 39.9 Å². The molecule has 0 bridgehead atoms. The lowest BCUT2D eigenvalue weighted by molar-refractivity contribution is -0.287. The molecule has 0 spiro atoms. The molecule has 0 saturated carbocycles. The molecule has 14 heteroatoms. The molecule has 3 aliphatic heterocycles. The molecule has 3 aliphatic rings. The van der Waals surface area contributed by atoms with E-state index in [0.29, 0.717) is 17.3 Å². The highest BCUT2D eigenvalue weighted by atomic mass is 79.9. The van der Waals surface area contributed by atoms with Crippen molar-refractivity contribution in [2.75, 3.05) is 11.5 Å². The first-order valence-corrected chi connectivity index (χ1v) is 20.2. The summed E-state index contributed by atoms with van der Waals surface area (Å²) in [4.78, 5) is 0. The highest BCUT2D eigenvalue weighted by molar-refractivity contribution is 9.10. The monoisotopic (exact) mass is 872 g/mol. The Morgan fingerprint density at radius 1 is 0.500 bits per heavy atom. The first-order valence-electron chi connectivity index (χ1n) is 19.4. The molecule has 1 fully saturated rings. The Balaban J connectivity index is 0.000000172. The van der Waals surface area contributed by atoms with Crippen LogP contribution in [0.1, 0.15) is 129 Å². The maximum Gasteiger partial charge on any atom is 0.586 e. The average molecular weight is 874 g/mol. The van der Waals surface area contributed by atoms with Crippen molar-refractivity contribution < 1.29 is 45.8 Å². The number of anilines is 2. The smallest absolute Gasteiger partial charge is 0.399 e. The van der Waals surface area contributed by atoms with Crippen molar-refractivity contribution in [2.45, 2.75) is 131 Å². The Morgan fingerprint density at radius 3 is 1.28 bits per heavy atom. The van der Waals surface area contributed by atoms with Crippen molar-refractivity contribution in [3.8, 4) is 34.1 Å². The number of benzene rings is 4. The molecular weight excluding hydrogens is 819 g/mol. The highest BCUT2D eigenvalue weighted by Crippen LogP contribution is 2.45. The van der Waals surface area contributed by atoms with Crippen molar-refractivity contribution in [3.63, 3.8) is 0 Å². The van der Waals surface area contributed by atoms with Crippen LogP contribution in [0.25, 0.3) is 11.1 Å². The van der Waals surface area contributed by atoms with Crippen LogP contribution in [0.4, 0.5) is 28.9 Å². The molecule has 7 rings (SSSR count). The molecule has 1 saturated heterocycles. The molecule has 0 unspecified atom stereocenters. The van der Waals surface area contributed by atoms with Gasteiger partial charge in [0.2, 0.25) is 0 Å². The third-order valence-corrected chi connectivity index (χ3v) is 11.1. The molecule has 0 atom stereocenters. The van der Waals surface area contributed by atoms with Gasteiger partial charge in [0.05, 0.1) is 11.2 Å². The second-order valence-corrected chi connectivity index (χ2v) is 17.9. The van der Waals surface area contributed by atoms with E-state index < -0.39 is 30.9 Å². The predicted octanol–water partition coefficient (Wildman–Crippen LogP) is 12.1. The Hall–Kier alpha value is -4.14. The van der Waals surface area contributed by atoms with Crippen LogP contribution in [0.5, 0.6) is 23.0 Å². The molecule has 8 nitrogen and oxygen atoms in total. The topological polar surface area (TPSA) is 107 Å². The van der Waals surface area contributed by atoms with Crippen molar-refractivity contribution in [3.05, 3.63) is 87.4 Å². The highest BCUT2D eigenvalue weighted by Gasteiger charge is 2.52. The van der Waals surface area contributed by atoms with E-state index in [1.165, 1.54) is 29.3 Å². The lowest BCUT2D eigenvalue weighted by Crippen LogP contribution is -2.41. The van der Waals surface area contributed by atoms with Crippen LogP contribution >= 0.6 is 15.9 Å². The standard InChI is InChI=1S/C19H21F2NO2.C13H15BF2O4.C12H18BrN/c1-10(2)14-7-13(8-15(11(3)4)18(14)22)12-5-6-16-17(9-12)24-19(20,21)23-16;1-11(2)12(3,4)20-14(19-11)8-5-6-9-10(7-8)18-13(15,16)17-9;1-7(2)10-5-9(13)6-11(8(3)4)12(10)14/h5-11H,22H2,1-4H3;5-7H,1-4H3;5-8H,14H2,1-4H3. The SMILES string of the molecule is CC(C)c1cc(-c2ccc3c(c2)OC(F)(F)O3)cc(C(C)C)c1N.CC(C)c1cc(Br)cc(C(C)C)c1N.CC1(C)OB(c2ccc3c(c2)OC(F)(F)O3)OC1(C)C. The number of nitrogens with two attached hydrogens (primary N) is 2. The minimum atomic E-state index is -3.61. The molecule has 4 aromatic carbocycles. The van der Waals surface area contributed by atoms with E-state index in [9.17, 15) is 17.6 Å². The zero-order valence-corrected chi connectivity index (χ0v) is 36.7. The number of ether oxygens (including phenoxy) is 4. The van der Waals surface area contributed by atoms with E-state index in [1.807, 2.05) is 39.8 Å². The molecule has 4 N–H and O–H groups in total. The number of halogens is 5. The van der Waals surface area contributed by atoms with Crippen molar-refractivity contribution in [2.24, 2.45) is 0 Å². The fourth-order valence-electron chi connectivity index (χ4n) is 6.66. The van der Waals surface area contributed by atoms with Gasteiger partial charge >= 0.3 is 19.7 Å². The van der Waals surface area contributed by atoms with Gasteiger partial charge in [-0.3, -0.25) is 0 Å². The minimum Gasteiger partial charge on any atom is -0.399 e. The first-order chi connectivity index (χ1) is 26.7. The summed E-state index contributed by atoms with van der Waals surface area (Å²) < 4.78 is 83.0. The fourth-order valence-corrected chi connectivity index (χ4v) is 7.15. The summed E-state index contributed by atoms with van der Waals surface area (Å²) in [6, 6.07) is 17.6. The van der Waals surface area contributed by atoms with E-state index in [-0.39, 0.29) is 34.8 Å². The van der Waals surface area contributed by atoms with Gasteiger partial charge in [-0.05, 0) is 139 Å². The van der Waals surface area contributed by atoms with Crippen LogP contribution < -0.4 is 35.9 Å². The van der Waals surface area contributed by atoms with Crippen LogP contribution in [-0.4, -0.2) is 30.9 Å². The van der Waals surface area contributed by atoms with Gasteiger partial charge in [-0.2, -0.15) is 0 Å². The number of fused-ring (bicyclic) bond motifs is 2. The van der Waals surface area contributed by atoms with E-state index in [0.717, 1.165) is 38.1 Å². The summed E-state index contributed by atoms with van der Waals surface area (Å²) in [6.45, 7) is 24.7. The molecule has 0 aromatic heterocycles. The Labute approximate surface area is 348 Å². The van der Waals surface area contributed by atoms with Gasteiger partial charge in [0.15, 0.2) is 23.0 Å². The lowest BCUT2D eigenvalue weighted by Gasteiger charge is -2.32. The predicted molar refractivity (Wildman–Crippen MR) is 226 cm³/mol. The van der Waals surface area contributed by atoms with Crippen LogP contribution in [0, 0.1) is 0 Å². The third-order valence-electron chi connectivity index (χ3n) is 10.6. The molecular formula is C44H54BBrF4N2O6. The number of nitrogen functional groups attached to an aromatic ring is 2. The van der Waals surface area contributed by atoms with Gasteiger partial charge in [-0.25, -0.2) is 0 Å². The molecule has 0 radical (unpaired) electrons. The largest absolute Gasteiger partial charge is 0.586 e. The van der Waals surface area contributed by atoms with Crippen molar-refractivity contribution in [1.29, 1.82) is 0 Å². The number of hydrogen-bond donors (Lipinski definition) is 2. The van der Waals surface area contributed by atoms with Gasteiger partial charge < -0.3 is 39.7 Å². The summed E-state index contributed by atoms with van der Waals surface area (Å²) >= 11 is 3.53. The molecule has 3 heterocycles. The second-order valence-electron chi connectivity index (χ2n) is 17.0. The molecule has 58 heavy (non-hydrogen) atoms. The average Bonchev–Trinajstić information content (AvgIpc) is 3.67. The van der Waals surface area contributed by atoms with Crippen LogP contribution in [-0.2, 0) is 9.31 Å². The summed E-state index contributed by atoms with van der Waals surface area (Å²) in [5.74, 6) is 1.58. The molecule has 0 aliphatic carbocycles. The lowest BCUT2D eigenvalue weighted by atomic mass is 9.79. The summed E-state index contributed by atoms with van der Waals surface area (Å²) in [5.41, 5.74) is 20.2. The van der Waals surface area contributed by atoms with Gasteiger partial charge in [-0.1, -0.05) is 83.5 Å². The summed E-state index contributed by atoms with van der Waals surface area (Å²) in [7, 11) is -0.622. The van der Waals surface area contributed by atoms with Gasteiger partial charge in [0.25, 0.3) is 0 Å². The zero-order chi connectivity index (χ0) is 43.3. The van der Waals surface area contributed by atoms with Gasteiger partial charge in [0.1, 0.15) is 0 Å². The molecule has 4 aromatic rings. The van der Waals surface area contributed by atoms with Crippen molar-refractivity contribution in [1.82, 2.24) is 0 Å². The third kappa shape index (κ3) is 9.83. The van der Waals surface area contributed by atoms with Crippen LogP contribution in [0.3, 0.4) is 0 Å². The van der Waals surface area contributed by atoms with E-state index in [4.69, 9.17) is 20.8 Å². The van der Waals surface area contributed by atoms with Crippen LogP contribution in [0.15, 0.2) is 65.1 Å². The fraction of sp³-hybridized carbons (Fsp3) is 0.455. The maximum atomic E-state index is 13.2. The van der Waals surface area contributed by atoms with Crippen LogP contribution in [0.2, 0.25) is 0 Å². The molecule has 314 valence electrons. The first kappa shape index (κ1) is 45.0. The maximum absolute atomic E-state index is 13.2. The van der Waals surface area contributed by atoms with Gasteiger partial charge in [0, 0.05) is 15.8 Å². The number of rotatable bonds is 6.